The Kier molecular flexibility index (Phi) is 5.38. The molecule has 0 radical (unpaired) electrons. The van der Waals surface area contributed by atoms with Crippen LogP contribution in [-0.4, -0.2) is 42.1 Å². The van der Waals surface area contributed by atoms with E-state index in [2.05, 4.69) is 11.9 Å². The second kappa shape index (κ2) is 7.04. The van der Waals surface area contributed by atoms with E-state index in [4.69, 9.17) is 16.3 Å². The highest BCUT2D eigenvalue weighted by Crippen LogP contribution is 2.18. The Labute approximate surface area is 125 Å². The van der Waals surface area contributed by atoms with E-state index in [1.807, 2.05) is 18.0 Å². The number of halogens is 1. The molecule has 0 unspecified atom stereocenters. The first kappa shape index (κ1) is 15.3. The number of nitrogens with zero attached hydrogens (tertiary/aromatic N) is 2. The van der Waals surface area contributed by atoms with Crippen molar-refractivity contribution in [2.75, 3.05) is 20.3 Å². The third-order valence-corrected chi connectivity index (χ3v) is 3.85. The van der Waals surface area contributed by atoms with E-state index in [1.165, 1.54) is 0 Å². The van der Waals surface area contributed by atoms with Crippen LogP contribution in [0.5, 0.6) is 0 Å². The van der Waals surface area contributed by atoms with Crippen molar-refractivity contribution in [1.29, 1.82) is 0 Å². The average molecular weight is 297 g/mol. The van der Waals surface area contributed by atoms with Gasteiger partial charge >= 0.3 is 0 Å². The molecule has 0 aliphatic carbocycles. The Balaban J connectivity index is 2.14. The fourth-order valence-electron chi connectivity index (χ4n) is 2.50. The van der Waals surface area contributed by atoms with Crippen molar-refractivity contribution in [3.05, 3.63) is 28.5 Å². The molecule has 1 fully saturated rings. The van der Waals surface area contributed by atoms with Crippen molar-refractivity contribution in [2.24, 2.45) is 0 Å². The fraction of sp³-hybridized carbons (Fsp3) is 0.600. The maximum Gasteiger partial charge on any atom is 0.254 e. The molecule has 0 spiro atoms. The standard InChI is InChI=1S/C15H21ClN2O2/c1-3-4-12-9-11(10-14(16)17-12)15(19)18(2)13-5-7-20-8-6-13/h9-10,13H,3-8H2,1-2H3. The largest absolute Gasteiger partial charge is 0.381 e. The number of carbonyl (C=O) groups excluding carboxylic acids is 1. The number of ether oxygens (including phenoxy) is 1. The van der Waals surface area contributed by atoms with Gasteiger partial charge in [-0.05, 0) is 31.4 Å². The van der Waals surface area contributed by atoms with Crippen LogP contribution in [0.15, 0.2) is 12.1 Å². The van der Waals surface area contributed by atoms with E-state index < -0.39 is 0 Å². The van der Waals surface area contributed by atoms with Crippen LogP contribution in [0.25, 0.3) is 0 Å². The third kappa shape index (κ3) is 3.70. The SMILES string of the molecule is CCCc1cc(C(=O)N(C)C2CCOCC2)cc(Cl)n1. The monoisotopic (exact) mass is 296 g/mol. The second-order valence-electron chi connectivity index (χ2n) is 5.18. The molecule has 1 amide bonds. The smallest absolute Gasteiger partial charge is 0.254 e. The summed E-state index contributed by atoms with van der Waals surface area (Å²) in [5, 5.41) is 0.389. The van der Waals surface area contributed by atoms with Gasteiger partial charge in [-0.3, -0.25) is 4.79 Å². The predicted molar refractivity (Wildman–Crippen MR) is 79.2 cm³/mol. The Morgan fingerprint density at radius 2 is 2.15 bits per heavy atom. The highest BCUT2D eigenvalue weighted by atomic mass is 35.5. The Hall–Kier alpha value is -1.13. The van der Waals surface area contributed by atoms with Gasteiger partial charge in [0.25, 0.3) is 5.91 Å². The van der Waals surface area contributed by atoms with Crippen LogP contribution < -0.4 is 0 Å². The van der Waals surface area contributed by atoms with Crippen molar-refractivity contribution in [3.63, 3.8) is 0 Å². The number of aromatic nitrogens is 1. The van der Waals surface area contributed by atoms with E-state index in [9.17, 15) is 4.79 Å². The molecule has 1 aromatic rings. The molecule has 110 valence electrons. The van der Waals surface area contributed by atoms with Gasteiger partial charge in [0.15, 0.2) is 0 Å². The van der Waals surface area contributed by atoms with Crippen LogP contribution in [0.1, 0.15) is 42.2 Å². The molecule has 2 rings (SSSR count). The molecular weight excluding hydrogens is 276 g/mol. The molecule has 2 heterocycles. The van der Waals surface area contributed by atoms with Crippen LogP contribution in [0, 0.1) is 0 Å². The molecule has 0 aromatic carbocycles. The first-order valence-corrected chi connectivity index (χ1v) is 7.51. The number of aryl methyl sites for hydroxylation is 1. The summed E-state index contributed by atoms with van der Waals surface area (Å²) < 4.78 is 5.34. The van der Waals surface area contributed by atoms with Gasteiger partial charge in [-0.15, -0.1) is 0 Å². The number of pyridine rings is 1. The van der Waals surface area contributed by atoms with Gasteiger partial charge in [0.05, 0.1) is 0 Å². The highest BCUT2D eigenvalue weighted by Gasteiger charge is 2.23. The Morgan fingerprint density at radius 1 is 1.45 bits per heavy atom. The van der Waals surface area contributed by atoms with Gasteiger partial charge in [0.2, 0.25) is 0 Å². The lowest BCUT2D eigenvalue weighted by molar-refractivity contribution is 0.0362. The van der Waals surface area contributed by atoms with Gasteiger partial charge in [-0.25, -0.2) is 4.98 Å². The van der Waals surface area contributed by atoms with Gasteiger partial charge in [-0.1, -0.05) is 24.9 Å². The van der Waals surface area contributed by atoms with E-state index in [1.54, 1.807) is 6.07 Å². The summed E-state index contributed by atoms with van der Waals surface area (Å²) in [4.78, 5) is 18.6. The Morgan fingerprint density at radius 3 is 2.80 bits per heavy atom. The lowest BCUT2D eigenvalue weighted by atomic mass is 10.1. The molecular formula is C15H21ClN2O2. The second-order valence-corrected chi connectivity index (χ2v) is 5.57. The Bertz CT molecular complexity index is 473. The normalized spacial score (nSPS) is 16.1. The van der Waals surface area contributed by atoms with Crippen molar-refractivity contribution < 1.29 is 9.53 Å². The molecule has 4 nitrogen and oxygen atoms in total. The molecule has 5 heteroatoms. The zero-order chi connectivity index (χ0) is 14.5. The molecule has 1 saturated heterocycles. The number of rotatable bonds is 4. The summed E-state index contributed by atoms with van der Waals surface area (Å²) in [6, 6.07) is 3.75. The molecule has 20 heavy (non-hydrogen) atoms. The topological polar surface area (TPSA) is 42.4 Å². The van der Waals surface area contributed by atoms with Crippen molar-refractivity contribution in [1.82, 2.24) is 9.88 Å². The number of hydrogen-bond acceptors (Lipinski definition) is 3. The van der Waals surface area contributed by atoms with E-state index in [0.29, 0.717) is 10.7 Å². The molecule has 0 saturated carbocycles. The summed E-state index contributed by atoms with van der Waals surface area (Å²) in [6.45, 7) is 3.53. The minimum absolute atomic E-state index is 0.0125. The van der Waals surface area contributed by atoms with Crippen LogP contribution in [0.2, 0.25) is 5.15 Å². The fourth-order valence-corrected chi connectivity index (χ4v) is 2.73. The summed E-state index contributed by atoms with van der Waals surface area (Å²) in [7, 11) is 1.85. The first-order chi connectivity index (χ1) is 9.61. The van der Waals surface area contributed by atoms with E-state index >= 15 is 0 Å². The minimum atomic E-state index is 0.0125. The van der Waals surface area contributed by atoms with Gasteiger partial charge in [-0.2, -0.15) is 0 Å². The molecule has 0 N–H and O–H groups in total. The minimum Gasteiger partial charge on any atom is -0.381 e. The van der Waals surface area contributed by atoms with Crippen LogP contribution in [-0.2, 0) is 11.2 Å². The molecule has 1 aliphatic rings. The zero-order valence-corrected chi connectivity index (χ0v) is 12.8. The third-order valence-electron chi connectivity index (χ3n) is 3.66. The highest BCUT2D eigenvalue weighted by molar-refractivity contribution is 6.29. The lowest BCUT2D eigenvalue weighted by Crippen LogP contribution is -2.40. The van der Waals surface area contributed by atoms with Crippen LogP contribution >= 0.6 is 11.6 Å². The number of carbonyl (C=O) groups is 1. The summed E-state index contributed by atoms with van der Waals surface area (Å²) in [5.74, 6) is 0.0125. The number of amides is 1. The first-order valence-electron chi connectivity index (χ1n) is 7.13. The molecule has 1 aromatic heterocycles. The number of hydrogen-bond donors (Lipinski definition) is 0. The van der Waals surface area contributed by atoms with Gasteiger partial charge < -0.3 is 9.64 Å². The lowest BCUT2D eigenvalue weighted by Gasteiger charge is -2.31. The quantitative estimate of drug-likeness (QED) is 0.802. The van der Waals surface area contributed by atoms with Crippen LogP contribution in [0.4, 0.5) is 0 Å². The van der Waals surface area contributed by atoms with Crippen molar-refractivity contribution >= 4 is 17.5 Å². The van der Waals surface area contributed by atoms with Gasteiger partial charge in [0.1, 0.15) is 5.15 Å². The summed E-state index contributed by atoms with van der Waals surface area (Å²) in [6.07, 6.45) is 3.60. The maximum atomic E-state index is 12.6. The maximum absolute atomic E-state index is 12.6. The molecule has 0 bridgehead atoms. The zero-order valence-electron chi connectivity index (χ0n) is 12.1. The average Bonchev–Trinajstić information content (AvgIpc) is 2.46. The van der Waals surface area contributed by atoms with E-state index in [-0.39, 0.29) is 11.9 Å². The summed E-state index contributed by atoms with van der Waals surface area (Å²) in [5.41, 5.74) is 1.51. The molecule has 1 aliphatic heterocycles. The molecule has 0 atom stereocenters. The van der Waals surface area contributed by atoms with Crippen molar-refractivity contribution in [3.8, 4) is 0 Å². The predicted octanol–water partition coefficient (Wildman–Crippen LogP) is 2.94. The van der Waals surface area contributed by atoms with E-state index in [0.717, 1.165) is 44.6 Å². The van der Waals surface area contributed by atoms with Gasteiger partial charge in [0, 0.05) is 37.6 Å². The summed E-state index contributed by atoms with van der Waals surface area (Å²) >= 11 is 6.02. The van der Waals surface area contributed by atoms with Crippen molar-refractivity contribution in [2.45, 2.75) is 38.6 Å². The van der Waals surface area contributed by atoms with Crippen LogP contribution in [0.3, 0.4) is 0 Å².